The third-order valence-corrected chi connectivity index (χ3v) is 5.50. The zero-order chi connectivity index (χ0) is 20.3. The Morgan fingerprint density at radius 1 is 1.14 bits per heavy atom. The first-order valence-electron chi connectivity index (χ1n) is 8.73. The van der Waals surface area contributed by atoms with Crippen molar-refractivity contribution >= 4 is 40.0 Å². The number of fused-ring (bicyclic) bond motifs is 1. The summed E-state index contributed by atoms with van der Waals surface area (Å²) in [6.07, 6.45) is 0. The van der Waals surface area contributed by atoms with Crippen LogP contribution in [0, 0.1) is 25.2 Å². The van der Waals surface area contributed by atoms with Crippen molar-refractivity contribution in [1.29, 1.82) is 5.26 Å². The van der Waals surface area contributed by atoms with Crippen LogP contribution in [0.3, 0.4) is 0 Å². The van der Waals surface area contributed by atoms with E-state index in [9.17, 15) is 14.9 Å². The Labute approximate surface area is 167 Å². The second-order valence-electron chi connectivity index (χ2n) is 6.50. The zero-order valence-corrected chi connectivity index (χ0v) is 16.7. The van der Waals surface area contributed by atoms with Crippen molar-refractivity contribution in [1.82, 2.24) is 4.98 Å². The maximum atomic E-state index is 12.3. The number of nitrogens with zero attached hydrogens (tertiary/aromatic N) is 2. The number of ketones is 1. The zero-order valence-electron chi connectivity index (χ0n) is 15.9. The highest BCUT2D eigenvalue weighted by Gasteiger charge is 2.12. The van der Waals surface area contributed by atoms with E-state index >= 15 is 0 Å². The Balaban J connectivity index is 1.75. The molecule has 0 unspecified atom stereocenters. The number of aromatic nitrogens is 1. The molecule has 28 heavy (non-hydrogen) atoms. The van der Waals surface area contributed by atoms with Crippen LogP contribution in [0.2, 0.25) is 0 Å². The SMILES string of the molecule is CC(=O)c1ccc(NC(=O)CSc2nc3c(C)c(C)ccc3cc2C#N)cc1. The first-order valence-corrected chi connectivity index (χ1v) is 9.72. The van der Waals surface area contributed by atoms with Crippen molar-refractivity contribution in [2.24, 2.45) is 0 Å². The number of hydrogen-bond donors (Lipinski definition) is 1. The number of amides is 1. The van der Waals surface area contributed by atoms with Gasteiger partial charge in [0.2, 0.25) is 5.91 Å². The molecule has 0 bridgehead atoms. The van der Waals surface area contributed by atoms with E-state index in [2.05, 4.69) is 16.4 Å². The van der Waals surface area contributed by atoms with Crippen LogP contribution in [0.25, 0.3) is 10.9 Å². The van der Waals surface area contributed by atoms with Gasteiger partial charge in [-0.3, -0.25) is 9.59 Å². The second-order valence-corrected chi connectivity index (χ2v) is 7.47. The number of nitrogens with one attached hydrogen (secondary N) is 1. The molecule has 1 amide bonds. The van der Waals surface area contributed by atoms with Crippen molar-refractivity contribution in [3.05, 3.63) is 64.7 Å². The minimum atomic E-state index is -0.202. The van der Waals surface area contributed by atoms with Crippen LogP contribution < -0.4 is 5.32 Å². The summed E-state index contributed by atoms with van der Waals surface area (Å²) in [5.41, 5.74) is 4.72. The molecule has 0 fully saturated rings. The molecule has 0 saturated carbocycles. The monoisotopic (exact) mass is 389 g/mol. The molecule has 2 aromatic carbocycles. The molecule has 6 heteroatoms. The van der Waals surface area contributed by atoms with Crippen LogP contribution in [0.4, 0.5) is 5.69 Å². The lowest BCUT2D eigenvalue weighted by atomic mass is 10.0. The number of anilines is 1. The van der Waals surface area contributed by atoms with Gasteiger partial charge in [-0.15, -0.1) is 0 Å². The van der Waals surface area contributed by atoms with Gasteiger partial charge in [0, 0.05) is 16.6 Å². The fourth-order valence-corrected chi connectivity index (χ4v) is 3.53. The molecule has 0 saturated heterocycles. The molecule has 1 aromatic heterocycles. The number of benzene rings is 2. The van der Waals surface area contributed by atoms with Gasteiger partial charge in [-0.1, -0.05) is 23.9 Å². The van der Waals surface area contributed by atoms with Gasteiger partial charge in [-0.05, 0) is 62.2 Å². The molecule has 5 nitrogen and oxygen atoms in total. The van der Waals surface area contributed by atoms with E-state index in [4.69, 9.17) is 0 Å². The summed E-state index contributed by atoms with van der Waals surface area (Å²) in [6.45, 7) is 5.52. The number of carbonyl (C=O) groups excluding carboxylic acids is 2. The predicted octanol–water partition coefficient (Wildman–Crippen LogP) is 4.66. The number of nitriles is 1. The van der Waals surface area contributed by atoms with E-state index in [1.54, 1.807) is 24.3 Å². The largest absolute Gasteiger partial charge is 0.325 e. The van der Waals surface area contributed by atoms with E-state index < -0.39 is 0 Å². The van der Waals surface area contributed by atoms with Gasteiger partial charge in [0.25, 0.3) is 0 Å². The van der Waals surface area contributed by atoms with Crippen LogP contribution in [-0.2, 0) is 4.79 Å². The standard InChI is InChI=1S/C22H19N3O2S/c1-13-4-5-17-10-18(11-23)22(25-21(17)14(13)2)28-12-20(27)24-19-8-6-16(7-9-19)15(3)26/h4-10H,12H2,1-3H3,(H,24,27). The summed E-state index contributed by atoms with van der Waals surface area (Å²) in [4.78, 5) is 28.2. The average molecular weight is 389 g/mol. The van der Waals surface area contributed by atoms with Gasteiger partial charge in [-0.2, -0.15) is 5.26 Å². The Hall–Kier alpha value is -3.17. The van der Waals surface area contributed by atoms with Gasteiger partial charge in [0.05, 0.1) is 16.8 Å². The first kappa shape index (κ1) is 19.6. The summed E-state index contributed by atoms with van der Waals surface area (Å²) < 4.78 is 0. The molecule has 0 aliphatic carbocycles. The van der Waals surface area contributed by atoms with E-state index in [-0.39, 0.29) is 17.4 Å². The van der Waals surface area contributed by atoms with Crippen LogP contribution in [0.15, 0.2) is 47.5 Å². The van der Waals surface area contributed by atoms with Gasteiger partial charge >= 0.3 is 0 Å². The molecule has 0 spiro atoms. The Bertz CT molecular complexity index is 1120. The lowest BCUT2D eigenvalue weighted by Crippen LogP contribution is -2.14. The fraction of sp³-hybridized carbons (Fsp3) is 0.182. The highest BCUT2D eigenvalue weighted by Crippen LogP contribution is 2.27. The number of thioether (sulfide) groups is 1. The molecule has 3 rings (SSSR count). The lowest BCUT2D eigenvalue weighted by molar-refractivity contribution is -0.113. The number of carbonyl (C=O) groups is 2. The first-order chi connectivity index (χ1) is 13.4. The molecular weight excluding hydrogens is 370 g/mol. The van der Waals surface area contributed by atoms with Crippen LogP contribution >= 0.6 is 11.8 Å². The van der Waals surface area contributed by atoms with E-state index in [0.29, 0.717) is 21.8 Å². The topological polar surface area (TPSA) is 82.8 Å². The normalized spacial score (nSPS) is 10.5. The maximum Gasteiger partial charge on any atom is 0.234 e. The van der Waals surface area contributed by atoms with Crippen molar-refractivity contribution in [3.63, 3.8) is 0 Å². The third kappa shape index (κ3) is 4.21. The van der Waals surface area contributed by atoms with E-state index in [1.807, 2.05) is 32.0 Å². The number of Topliss-reactive ketones (excluding diaryl/α,β-unsaturated/α-hetero) is 1. The number of pyridine rings is 1. The van der Waals surface area contributed by atoms with E-state index in [0.717, 1.165) is 22.0 Å². The molecule has 0 atom stereocenters. The maximum absolute atomic E-state index is 12.3. The Morgan fingerprint density at radius 2 is 1.86 bits per heavy atom. The quantitative estimate of drug-likeness (QED) is 0.507. The average Bonchev–Trinajstić information content (AvgIpc) is 2.69. The van der Waals surface area contributed by atoms with Crippen LogP contribution in [-0.4, -0.2) is 22.4 Å². The number of hydrogen-bond acceptors (Lipinski definition) is 5. The molecular formula is C22H19N3O2S. The summed E-state index contributed by atoms with van der Waals surface area (Å²) in [5.74, 6) is -0.0929. The lowest BCUT2D eigenvalue weighted by Gasteiger charge is -2.09. The highest BCUT2D eigenvalue weighted by molar-refractivity contribution is 8.00. The molecule has 0 aliphatic rings. The van der Waals surface area contributed by atoms with Gasteiger partial charge in [0.1, 0.15) is 11.1 Å². The molecule has 140 valence electrons. The minimum absolute atomic E-state index is 0.0228. The smallest absolute Gasteiger partial charge is 0.234 e. The Kier molecular flexibility index (Phi) is 5.76. The second kappa shape index (κ2) is 8.24. The third-order valence-electron chi connectivity index (χ3n) is 4.51. The van der Waals surface area contributed by atoms with Crippen molar-refractivity contribution < 1.29 is 9.59 Å². The minimum Gasteiger partial charge on any atom is -0.325 e. The van der Waals surface area contributed by atoms with Gasteiger partial charge in [-0.25, -0.2) is 4.98 Å². The molecule has 1 heterocycles. The van der Waals surface area contributed by atoms with Crippen molar-refractivity contribution in [3.8, 4) is 6.07 Å². The molecule has 0 aliphatic heterocycles. The summed E-state index contributed by atoms with van der Waals surface area (Å²) in [6, 6.07) is 14.7. The van der Waals surface area contributed by atoms with Crippen LogP contribution in [0.1, 0.15) is 34.0 Å². The highest BCUT2D eigenvalue weighted by atomic mass is 32.2. The van der Waals surface area contributed by atoms with Gasteiger partial charge < -0.3 is 5.32 Å². The summed E-state index contributed by atoms with van der Waals surface area (Å²) in [7, 11) is 0. The summed E-state index contributed by atoms with van der Waals surface area (Å²) in [5, 5.41) is 13.7. The molecule has 1 N–H and O–H groups in total. The fourth-order valence-electron chi connectivity index (χ4n) is 2.78. The van der Waals surface area contributed by atoms with E-state index in [1.165, 1.54) is 18.7 Å². The van der Waals surface area contributed by atoms with Crippen molar-refractivity contribution in [2.75, 3.05) is 11.1 Å². The Morgan fingerprint density at radius 3 is 2.50 bits per heavy atom. The predicted molar refractivity (Wildman–Crippen MR) is 112 cm³/mol. The van der Waals surface area contributed by atoms with Gasteiger partial charge in [0.15, 0.2) is 5.78 Å². The summed E-state index contributed by atoms with van der Waals surface area (Å²) >= 11 is 1.24. The molecule has 3 aromatic rings. The number of aryl methyl sites for hydroxylation is 2. The van der Waals surface area contributed by atoms with Crippen LogP contribution in [0.5, 0.6) is 0 Å². The van der Waals surface area contributed by atoms with Crippen molar-refractivity contribution in [2.45, 2.75) is 25.8 Å². The number of rotatable bonds is 5. The molecule has 0 radical (unpaired) electrons.